The smallest absolute Gasteiger partial charge is 0.00430 e. The predicted octanol–water partition coefficient (Wildman–Crippen LogP) is 4.83. The zero-order valence-electron chi connectivity index (χ0n) is 10.1. The lowest BCUT2D eigenvalue weighted by molar-refractivity contribution is 0.706. The quantitative estimate of drug-likeness (QED) is 0.678. The Morgan fingerprint density at radius 1 is 1.27 bits per heavy atom. The molecule has 0 saturated carbocycles. The maximum absolute atomic E-state index is 4.43. The van der Waals surface area contributed by atoms with E-state index in [9.17, 15) is 0 Å². The molecule has 0 aliphatic heterocycles. The Kier molecular flexibility index (Phi) is 5.24. The van der Waals surface area contributed by atoms with Gasteiger partial charge in [0.15, 0.2) is 0 Å². The lowest BCUT2D eigenvalue weighted by atomic mass is 9.91. The van der Waals surface area contributed by atoms with E-state index < -0.39 is 0 Å². The van der Waals surface area contributed by atoms with Gasteiger partial charge < -0.3 is 0 Å². The molecule has 1 aromatic carbocycles. The minimum Gasteiger partial charge on any atom is -0.143 e. The lowest BCUT2D eigenvalue weighted by Gasteiger charge is -2.15. The SMILES string of the molecule is CCCCc1ccc(S)cc1C(C)CC. The predicted molar refractivity (Wildman–Crippen MR) is 71.0 cm³/mol. The molecule has 0 radical (unpaired) electrons. The summed E-state index contributed by atoms with van der Waals surface area (Å²) in [5.41, 5.74) is 3.02. The standard InChI is InChI=1S/C14H22S/c1-4-6-7-12-8-9-13(15)10-14(12)11(3)5-2/h8-11,15H,4-7H2,1-3H3. The fourth-order valence-corrected chi connectivity index (χ4v) is 2.07. The van der Waals surface area contributed by atoms with Crippen LogP contribution >= 0.6 is 12.6 Å². The zero-order valence-corrected chi connectivity index (χ0v) is 11.0. The summed E-state index contributed by atoms with van der Waals surface area (Å²) in [5, 5.41) is 0. The molecule has 1 aromatic rings. The van der Waals surface area contributed by atoms with Gasteiger partial charge in [-0.1, -0.05) is 33.3 Å². The Labute approximate surface area is 99.5 Å². The number of thiol groups is 1. The highest BCUT2D eigenvalue weighted by Gasteiger charge is 2.08. The van der Waals surface area contributed by atoms with Gasteiger partial charge >= 0.3 is 0 Å². The topological polar surface area (TPSA) is 0 Å². The molecular weight excluding hydrogens is 200 g/mol. The minimum atomic E-state index is 0.656. The summed E-state index contributed by atoms with van der Waals surface area (Å²) < 4.78 is 0. The van der Waals surface area contributed by atoms with Crippen molar-refractivity contribution in [1.82, 2.24) is 0 Å². The summed E-state index contributed by atoms with van der Waals surface area (Å²) >= 11 is 4.43. The van der Waals surface area contributed by atoms with Gasteiger partial charge in [-0.3, -0.25) is 0 Å². The molecule has 1 heteroatoms. The van der Waals surface area contributed by atoms with Crippen LogP contribution in [0.15, 0.2) is 23.1 Å². The van der Waals surface area contributed by atoms with E-state index in [2.05, 4.69) is 51.6 Å². The van der Waals surface area contributed by atoms with Crippen LogP contribution in [-0.4, -0.2) is 0 Å². The van der Waals surface area contributed by atoms with Crippen molar-refractivity contribution in [1.29, 1.82) is 0 Å². The molecule has 0 amide bonds. The second-order valence-corrected chi connectivity index (χ2v) is 4.81. The number of hydrogen-bond acceptors (Lipinski definition) is 1. The molecule has 0 bridgehead atoms. The summed E-state index contributed by atoms with van der Waals surface area (Å²) in [6.07, 6.45) is 4.97. The van der Waals surface area contributed by atoms with Crippen LogP contribution in [-0.2, 0) is 6.42 Å². The third-order valence-electron chi connectivity index (χ3n) is 3.07. The molecule has 0 nitrogen and oxygen atoms in total. The van der Waals surface area contributed by atoms with Crippen molar-refractivity contribution in [3.05, 3.63) is 29.3 Å². The number of rotatable bonds is 5. The molecule has 0 saturated heterocycles. The van der Waals surface area contributed by atoms with E-state index in [4.69, 9.17) is 0 Å². The van der Waals surface area contributed by atoms with Gasteiger partial charge in [0.2, 0.25) is 0 Å². The van der Waals surface area contributed by atoms with Gasteiger partial charge in [0.05, 0.1) is 0 Å². The number of hydrogen-bond donors (Lipinski definition) is 1. The zero-order chi connectivity index (χ0) is 11.3. The van der Waals surface area contributed by atoms with Gasteiger partial charge in [0.25, 0.3) is 0 Å². The Morgan fingerprint density at radius 2 is 2.00 bits per heavy atom. The third kappa shape index (κ3) is 3.57. The highest BCUT2D eigenvalue weighted by atomic mass is 32.1. The average Bonchev–Trinajstić information content (AvgIpc) is 2.26. The maximum Gasteiger partial charge on any atom is 0.00430 e. The highest BCUT2D eigenvalue weighted by molar-refractivity contribution is 7.80. The van der Waals surface area contributed by atoms with Crippen molar-refractivity contribution in [2.24, 2.45) is 0 Å². The van der Waals surface area contributed by atoms with Crippen LogP contribution in [0, 0.1) is 0 Å². The van der Waals surface area contributed by atoms with Crippen molar-refractivity contribution >= 4 is 12.6 Å². The van der Waals surface area contributed by atoms with Crippen molar-refractivity contribution < 1.29 is 0 Å². The fourth-order valence-electron chi connectivity index (χ4n) is 1.86. The molecule has 0 aliphatic carbocycles. The van der Waals surface area contributed by atoms with Crippen molar-refractivity contribution in [2.75, 3.05) is 0 Å². The summed E-state index contributed by atoms with van der Waals surface area (Å²) in [5.74, 6) is 0.656. The molecule has 15 heavy (non-hydrogen) atoms. The van der Waals surface area contributed by atoms with Crippen molar-refractivity contribution in [3.63, 3.8) is 0 Å². The van der Waals surface area contributed by atoms with E-state index in [1.54, 1.807) is 0 Å². The largest absolute Gasteiger partial charge is 0.143 e. The molecule has 0 heterocycles. The first kappa shape index (κ1) is 12.6. The Balaban J connectivity index is 2.92. The van der Waals surface area contributed by atoms with Crippen molar-refractivity contribution in [2.45, 2.75) is 57.3 Å². The molecule has 0 spiro atoms. The number of benzene rings is 1. The number of unbranched alkanes of at least 4 members (excludes halogenated alkanes) is 1. The van der Waals surface area contributed by atoms with Gasteiger partial charge in [-0.2, -0.15) is 0 Å². The normalized spacial score (nSPS) is 12.8. The van der Waals surface area contributed by atoms with E-state index in [1.165, 1.54) is 36.8 Å². The van der Waals surface area contributed by atoms with Crippen LogP contribution in [0.4, 0.5) is 0 Å². The van der Waals surface area contributed by atoms with E-state index >= 15 is 0 Å². The Bertz CT molecular complexity index is 304. The second-order valence-electron chi connectivity index (χ2n) is 4.30. The van der Waals surface area contributed by atoms with E-state index in [-0.39, 0.29) is 0 Å². The molecule has 1 atom stereocenters. The van der Waals surface area contributed by atoms with Gasteiger partial charge in [-0.25, -0.2) is 0 Å². The second kappa shape index (κ2) is 6.22. The molecule has 0 aromatic heterocycles. The van der Waals surface area contributed by atoms with Crippen LogP contribution in [0.3, 0.4) is 0 Å². The fraction of sp³-hybridized carbons (Fsp3) is 0.571. The minimum absolute atomic E-state index is 0.656. The van der Waals surface area contributed by atoms with Crippen LogP contribution in [0.2, 0.25) is 0 Å². The Hall–Kier alpha value is -0.430. The first-order valence-electron chi connectivity index (χ1n) is 6.00. The summed E-state index contributed by atoms with van der Waals surface area (Å²) in [6.45, 7) is 6.80. The van der Waals surface area contributed by atoms with Crippen LogP contribution in [0.1, 0.15) is 57.1 Å². The first-order valence-corrected chi connectivity index (χ1v) is 6.45. The Morgan fingerprint density at radius 3 is 2.60 bits per heavy atom. The summed E-state index contributed by atoms with van der Waals surface area (Å²) in [7, 11) is 0. The van der Waals surface area contributed by atoms with Crippen LogP contribution in [0.25, 0.3) is 0 Å². The van der Waals surface area contributed by atoms with E-state index in [1.807, 2.05) is 0 Å². The summed E-state index contributed by atoms with van der Waals surface area (Å²) in [4.78, 5) is 1.09. The van der Waals surface area contributed by atoms with Gasteiger partial charge in [-0.05, 0) is 48.4 Å². The van der Waals surface area contributed by atoms with Crippen LogP contribution in [0.5, 0.6) is 0 Å². The molecule has 0 aliphatic rings. The maximum atomic E-state index is 4.43. The number of aryl methyl sites for hydroxylation is 1. The van der Waals surface area contributed by atoms with E-state index in [0.29, 0.717) is 5.92 Å². The molecule has 1 unspecified atom stereocenters. The van der Waals surface area contributed by atoms with E-state index in [0.717, 1.165) is 4.90 Å². The molecule has 0 N–H and O–H groups in total. The van der Waals surface area contributed by atoms with Crippen LogP contribution < -0.4 is 0 Å². The highest BCUT2D eigenvalue weighted by Crippen LogP contribution is 2.26. The van der Waals surface area contributed by atoms with Gasteiger partial charge in [0.1, 0.15) is 0 Å². The molecule has 84 valence electrons. The average molecular weight is 222 g/mol. The third-order valence-corrected chi connectivity index (χ3v) is 3.35. The van der Waals surface area contributed by atoms with Gasteiger partial charge in [-0.15, -0.1) is 12.6 Å². The lowest BCUT2D eigenvalue weighted by Crippen LogP contribution is -1.99. The monoisotopic (exact) mass is 222 g/mol. The molecule has 0 fully saturated rings. The van der Waals surface area contributed by atoms with Crippen molar-refractivity contribution in [3.8, 4) is 0 Å². The first-order chi connectivity index (χ1) is 7.19. The van der Waals surface area contributed by atoms with Gasteiger partial charge in [0, 0.05) is 4.90 Å². The summed E-state index contributed by atoms with van der Waals surface area (Å²) in [6, 6.07) is 6.60. The molecular formula is C14H22S. The molecule has 1 rings (SSSR count).